The molecule has 0 fully saturated rings. The third-order valence-corrected chi connectivity index (χ3v) is 4.76. The van der Waals surface area contributed by atoms with Gasteiger partial charge in [-0.05, 0) is 42.3 Å². The molecule has 0 atom stereocenters. The van der Waals surface area contributed by atoms with Crippen LogP contribution in [0.4, 0.5) is 11.4 Å². The van der Waals surface area contributed by atoms with Gasteiger partial charge in [0.2, 0.25) is 0 Å². The molecule has 3 aromatic rings. The van der Waals surface area contributed by atoms with E-state index in [-0.39, 0.29) is 11.6 Å². The first-order valence-electron chi connectivity index (χ1n) is 8.33. The fourth-order valence-electron chi connectivity index (χ4n) is 3.41. The molecule has 1 aliphatic heterocycles. The minimum absolute atomic E-state index is 0.0100. The van der Waals surface area contributed by atoms with E-state index in [1.807, 2.05) is 42.6 Å². The van der Waals surface area contributed by atoms with Gasteiger partial charge in [-0.15, -0.1) is 0 Å². The Morgan fingerprint density at radius 1 is 1.08 bits per heavy atom. The summed E-state index contributed by atoms with van der Waals surface area (Å²) in [7, 11) is 0. The number of rotatable bonds is 2. The van der Waals surface area contributed by atoms with Crippen molar-refractivity contribution in [1.29, 1.82) is 0 Å². The second-order valence-corrected chi connectivity index (χ2v) is 6.40. The van der Waals surface area contributed by atoms with Crippen molar-refractivity contribution in [1.82, 2.24) is 4.57 Å². The van der Waals surface area contributed by atoms with E-state index < -0.39 is 4.92 Å². The molecule has 130 valence electrons. The van der Waals surface area contributed by atoms with Gasteiger partial charge < -0.3 is 9.47 Å². The normalized spacial score (nSPS) is 12.9. The molecule has 4 rings (SSSR count). The number of non-ortho nitro benzene ring substituents is 1. The molecule has 0 aliphatic carbocycles. The molecular weight excluding hydrogens is 330 g/mol. The Morgan fingerprint density at radius 3 is 2.65 bits per heavy atom. The van der Waals surface area contributed by atoms with E-state index in [1.165, 1.54) is 12.1 Å². The number of nitro benzene ring substituents is 1. The first kappa shape index (κ1) is 16.1. The highest BCUT2D eigenvalue weighted by molar-refractivity contribution is 6.07. The van der Waals surface area contributed by atoms with Crippen LogP contribution in [-0.4, -0.2) is 15.4 Å². The van der Waals surface area contributed by atoms with Crippen LogP contribution >= 0.6 is 0 Å². The van der Waals surface area contributed by atoms with Gasteiger partial charge in [0.1, 0.15) is 0 Å². The lowest BCUT2D eigenvalue weighted by atomic mass is 10.1. The summed E-state index contributed by atoms with van der Waals surface area (Å²) >= 11 is 0. The number of nitrogens with zero attached hydrogens (tertiary/aromatic N) is 3. The lowest BCUT2D eigenvalue weighted by molar-refractivity contribution is -0.384. The van der Waals surface area contributed by atoms with Crippen LogP contribution in [-0.2, 0) is 13.1 Å². The zero-order chi connectivity index (χ0) is 18.3. The summed E-state index contributed by atoms with van der Waals surface area (Å²) in [5, 5.41) is 11.0. The Bertz CT molecular complexity index is 1020. The van der Waals surface area contributed by atoms with Gasteiger partial charge in [-0.25, -0.2) is 0 Å². The zero-order valence-electron chi connectivity index (χ0n) is 14.3. The van der Waals surface area contributed by atoms with E-state index in [9.17, 15) is 14.9 Å². The summed E-state index contributed by atoms with van der Waals surface area (Å²) in [6, 6.07) is 16.2. The highest BCUT2D eigenvalue weighted by atomic mass is 16.6. The quantitative estimate of drug-likeness (QED) is 0.521. The number of benzene rings is 2. The Labute approximate surface area is 150 Å². The molecule has 1 amide bonds. The van der Waals surface area contributed by atoms with Crippen molar-refractivity contribution < 1.29 is 9.72 Å². The van der Waals surface area contributed by atoms with Crippen molar-refractivity contribution in [2.24, 2.45) is 0 Å². The second kappa shape index (κ2) is 6.15. The van der Waals surface area contributed by atoms with Crippen LogP contribution in [0.15, 0.2) is 60.8 Å². The zero-order valence-corrected chi connectivity index (χ0v) is 14.3. The maximum Gasteiger partial charge on any atom is 0.269 e. The lowest BCUT2D eigenvalue weighted by Crippen LogP contribution is -2.31. The van der Waals surface area contributed by atoms with Crippen LogP contribution < -0.4 is 4.90 Å². The van der Waals surface area contributed by atoms with Gasteiger partial charge in [-0.1, -0.05) is 18.2 Å². The number of carbonyl (C=O) groups is 1. The largest absolute Gasteiger partial charge is 0.345 e. The van der Waals surface area contributed by atoms with Crippen LogP contribution in [0.3, 0.4) is 0 Å². The van der Waals surface area contributed by atoms with Crippen LogP contribution in [0.25, 0.3) is 0 Å². The molecule has 0 saturated heterocycles. The first-order valence-corrected chi connectivity index (χ1v) is 8.33. The number of amides is 1. The molecule has 2 aromatic carbocycles. The van der Waals surface area contributed by atoms with Crippen molar-refractivity contribution in [2.45, 2.75) is 20.0 Å². The SMILES string of the molecule is Cc1cc([N+](=O)[O-])ccc1C(=O)N1Cc2cccn2Cc2ccccc21. The minimum Gasteiger partial charge on any atom is -0.345 e. The Hall–Kier alpha value is -3.41. The van der Waals surface area contributed by atoms with Gasteiger partial charge >= 0.3 is 0 Å². The molecule has 1 aliphatic rings. The van der Waals surface area contributed by atoms with Crippen molar-refractivity contribution in [3.63, 3.8) is 0 Å². The van der Waals surface area contributed by atoms with Gasteiger partial charge in [-0.2, -0.15) is 0 Å². The Balaban J connectivity index is 1.79. The van der Waals surface area contributed by atoms with Crippen LogP contribution in [0.5, 0.6) is 0 Å². The predicted molar refractivity (Wildman–Crippen MR) is 98.3 cm³/mol. The standard InChI is InChI=1S/C20H17N3O3/c1-14-11-16(23(25)26)8-9-18(14)20(24)22-13-17-6-4-10-21(17)12-15-5-2-3-7-19(15)22/h2-11H,12-13H2,1H3. The fraction of sp³-hybridized carbons (Fsp3) is 0.150. The molecule has 2 heterocycles. The molecule has 6 nitrogen and oxygen atoms in total. The first-order chi connectivity index (χ1) is 12.5. The molecule has 0 spiro atoms. The number of hydrogen-bond acceptors (Lipinski definition) is 3. The van der Waals surface area contributed by atoms with E-state index >= 15 is 0 Å². The van der Waals surface area contributed by atoms with Gasteiger partial charge in [0.05, 0.1) is 11.5 Å². The van der Waals surface area contributed by atoms with E-state index in [2.05, 4.69) is 4.57 Å². The maximum absolute atomic E-state index is 13.3. The summed E-state index contributed by atoms with van der Waals surface area (Å²) in [6.07, 6.45) is 2.01. The van der Waals surface area contributed by atoms with E-state index in [0.29, 0.717) is 24.2 Å². The van der Waals surface area contributed by atoms with E-state index in [1.54, 1.807) is 17.9 Å². The number of hydrogen-bond donors (Lipinski definition) is 0. The van der Waals surface area contributed by atoms with Crippen LogP contribution in [0.2, 0.25) is 0 Å². The molecule has 0 unspecified atom stereocenters. The number of para-hydroxylation sites is 1. The molecule has 0 N–H and O–H groups in total. The monoisotopic (exact) mass is 347 g/mol. The summed E-state index contributed by atoms with van der Waals surface area (Å²) in [5.41, 5.74) is 4.05. The number of anilines is 1. The maximum atomic E-state index is 13.3. The Morgan fingerprint density at radius 2 is 1.88 bits per heavy atom. The van der Waals surface area contributed by atoms with Crippen molar-refractivity contribution >= 4 is 17.3 Å². The van der Waals surface area contributed by atoms with Gasteiger partial charge in [-0.3, -0.25) is 14.9 Å². The summed E-state index contributed by atoms with van der Waals surface area (Å²) in [4.78, 5) is 25.6. The van der Waals surface area contributed by atoms with E-state index in [4.69, 9.17) is 0 Å². The second-order valence-electron chi connectivity index (χ2n) is 6.40. The van der Waals surface area contributed by atoms with Crippen molar-refractivity contribution in [3.05, 3.63) is 93.3 Å². The molecule has 26 heavy (non-hydrogen) atoms. The highest BCUT2D eigenvalue weighted by Gasteiger charge is 2.26. The fourth-order valence-corrected chi connectivity index (χ4v) is 3.41. The number of nitro groups is 1. The minimum atomic E-state index is -0.449. The lowest BCUT2D eigenvalue weighted by Gasteiger charge is -2.23. The third-order valence-electron chi connectivity index (χ3n) is 4.76. The number of carbonyl (C=O) groups excluding carboxylic acids is 1. The summed E-state index contributed by atoms with van der Waals surface area (Å²) in [6.45, 7) is 2.90. The topological polar surface area (TPSA) is 68.4 Å². The van der Waals surface area contributed by atoms with Crippen LogP contribution in [0, 0.1) is 17.0 Å². The molecule has 1 aromatic heterocycles. The number of aromatic nitrogens is 1. The molecular formula is C20H17N3O3. The van der Waals surface area contributed by atoms with Crippen LogP contribution in [0.1, 0.15) is 27.2 Å². The Kier molecular flexibility index (Phi) is 3.80. The average molecular weight is 347 g/mol. The van der Waals surface area contributed by atoms with Crippen molar-refractivity contribution in [3.8, 4) is 0 Å². The smallest absolute Gasteiger partial charge is 0.269 e. The molecule has 0 radical (unpaired) electrons. The summed E-state index contributed by atoms with van der Waals surface area (Å²) < 4.78 is 2.13. The van der Waals surface area contributed by atoms with Gasteiger partial charge in [0.15, 0.2) is 0 Å². The number of aryl methyl sites for hydroxylation is 1. The highest BCUT2D eigenvalue weighted by Crippen LogP contribution is 2.30. The number of fused-ring (bicyclic) bond motifs is 2. The average Bonchev–Trinajstić information content (AvgIpc) is 3.00. The summed E-state index contributed by atoms with van der Waals surface area (Å²) in [5.74, 6) is -0.153. The third kappa shape index (κ3) is 2.65. The molecule has 0 bridgehead atoms. The van der Waals surface area contributed by atoms with Gasteiger partial charge in [0.25, 0.3) is 11.6 Å². The van der Waals surface area contributed by atoms with Crippen molar-refractivity contribution in [2.75, 3.05) is 4.90 Å². The van der Waals surface area contributed by atoms with E-state index in [0.717, 1.165) is 16.9 Å². The molecule has 0 saturated carbocycles. The predicted octanol–water partition coefficient (Wildman–Crippen LogP) is 3.91. The molecule has 6 heteroatoms. The van der Waals surface area contributed by atoms with Gasteiger partial charge in [0, 0.05) is 41.8 Å².